The zero-order chi connectivity index (χ0) is 15.2. The summed E-state index contributed by atoms with van der Waals surface area (Å²) in [7, 11) is 0. The summed E-state index contributed by atoms with van der Waals surface area (Å²) < 4.78 is 0. The minimum atomic E-state index is -1.18. The van der Waals surface area contributed by atoms with E-state index in [1.165, 1.54) is 37.0 Å². The molecule has 1 fully saturated rings. The molecule has 0 aromatic rings. The molecule has 1 rings (SSSR count). The topological polar surface area (TPSA) is 69.6 Å². The third-order valence-corrected chi connectivity index (χ3v) is 4.31. The van der Waals surface area contributed by atoms with E-state index in [1.807, 2.05) is 0 Å². The van der Waals surface area contributed by atoms with Gasteiger partial charge in [0, 0.05) is 13.1 Å². The van der Waals surface area contributed by atoms with Crippen LogP contribution in [0, 0.1) is 5.92 Å². The van der Waals surface area contributed by atoms with Crippen LogP contribution in [-0.4, -0.2) is 40.6 Å². The molecule has 1 aliphatic rings. The minimum absolute atomic E-state index is 0.282. The molecule has 0 saturated heterocycles. The van der Waals surface area contributed by atoms with Crippen LogP contribution in [-0.2, 0) is 4.79 Å². The normalized spacial score (nSPS) is 16.8. The second-order valence-corrected chi connectivity index (χ2v) is 6.13. The number of carboxylic acid groups (broad SMARTS) is 1. The van der Waals surface area contributed by atoms with Gasteiger partial charge in [-0.05, 0) is 33.1 Å². The van der Waals surface area contributed by atoms with Gasteiger partial charge >= 0.3 is 12.0 Å². The van der Waals surface area contributed by atoms with Crippen molar-refractivity contribution < 1.29 is 14.7 Å². The van der Waals surface area contributed by atoms with E-state index < -0.39 is 11.5 Å². The second kappa shape index (κ2) is 7.50. The average molecular weight is 284 g/mol. The summed E-state index contributed by atoms with van der Waals surface area (Å²) in [5.74, 6) is -0.270. The van der Waals surface area contributed by atoms with Crippen LogP contribution in [0.4, 0.5) is 4.79 Å². The molecule has 0 heterocycles. The van der Waals surface area contributed by atoms with Gasteiger partial charge in [0.15, 0.2) is 0 Å². The Morgan fingerprint density at radius 2 is 1.85 bits per heavy atom. The first-order valence-electron chi connectivity index (χ1n) is 7.68. The SMILES string of the molecule is CCN(C(=O)NCCC1CCCCC1)C(C)(C)C(=O)O. The lowest BCUT2D eigenvalue weighted by atomic mass is 9.87. The summed E-state index contributed by atoms with van der Waals surface area (Å²) in [6, 6.07) is -0.282. The van der Waals surface area contributed by atoms with E-state index >= 15 is 0 Å². The number of aliphatic carboxylic acids is 1. The summed E-state index contributed by atoms with van der Waals surface area (Å²) >= 11 is 0. The molecule has 1 aliphatic carbocycles. The Morgan fingerprint density at radius 1 is 1.25 bits per heavy atom. The summed E-state index contributed by atoms with van der Waals surface area (Å²) in [5.41, 5.74) is -1.18. The number of carbonyl (C=O) groups is 2. The molecule has 2 N–H and O–H groups in total. The lowest BCUT2D eigenvalue weighted by Gasteiger charge is -2.34. The number of hydrogen-bond donors (Lipinski definition) is 2. The average Bonchev–Trinajstić information content (AvgIpc) is 2.40. The van der Waals surface area contributed by atoms with Gasteiger partial charge in [-0.2, -0.15) is 0 Å². The zero-order valence-electron chi connectivity index (χ0n) is 12.9. The largest absolute Gasteiger partial charge is 0.480 e. The first-order valence-corrected chi connectivity index (χ1v) is 7.68. The molecule has 5 nitrogen and oxygen atoms in total. The maximum absolute atomic E-state index is 12.1. The quantitative estimate of drug-likeness (QED) is 0.788. The lowest BCUT2D eigenvalue weighted by molar-refractivity contribution is -0.147. The highest BCUT2D eigenvalue weighted by atomic mass is 16.4. The van der Waals surface area contributed by atoms with E-state index in [2.05, 4.69) is 5.32 Å². The number of rotatable bonds is 6. The molecule has 0 atom stereocenters. The van der Waals surface area contributed by atoms with Gasteiger partial charge < -0.3 is 15.3 Å². The first-order chi connectivity index (χ1) is 9.39. The molecule has 1 saturated carbocycles. The molecule has 0 aliphatic heterocycles. The van der Waals surface area contributed by atoms with Crippen LogP contribution in [0.3, 0.4) is 0 Å². The van der Waals surface area contributed by atoms with E-state index in [9.17, 15) is 14.7 Å². The third kappa shape index (κ3) is 4.39. The molecule has 0 spiro atoms. The summed E-state index contributed by atoms with van der Waals surface area (Å²) in [6.07, 6.45) is 7.44. The number of carbonyl (C=O) groups excluding carboxylic acids is 1. The van der Waals surface area contributed by atoms with Crippen molar-refractivity contribution in [2.24, 2.45) is 5.92 Å². The van der Waals surface area contributed by atoms with Crippen LogP contribution in [0.1, 0.15) is 59.3 Å². The van der Waals surface area contributed by atoms with Crippen LogP contribution in [0.5, 0.6) is 0 Å². The smallest absolute Gasteiger partial charge is 0.329 e. The van der Waals surface area contributed by atoms with E-state index in [0.717, 1.165) is 6.42 Å². The fourth-order valence-electron chi connectivity index (χ4n) is 2.86. The van der Waals surface area contributed by atoms with Crippen LogP contribution in [0.2, 0.25) is 0 Å². The molecule has 5 heteroatoms. The van der Waals surface area contributed by atoms with Gasteiger partial charge in [-0.3, -0.25) is 0 Å². The van der Waals surface area contributed by atoms with Crippen molar-refractivity contribution in [3.05, 3.63) is 0 Å². The van der Waals surface area contributed by atoms with Gasteiger partial charge in [-0.25, -0.2) is 9.59 Å². The Hall–Kier alpha value is -1.26. The Labute approximate surface area is 121 Å². The van der Waals surface area contributed by atoms with Gasteiger partial charge in [0.1, 0.15) is 5.54 Å². The van der Waals surface area contributed by atoms with Crippen LogP contribution in [0.25, 0.3) is 0 Å². The first kappa shape index (κ1) is 16.8. The molecule has 0 radical (unpaired) electrons. The standard InChI is InChI=1S/C15H28N2O3/c1-4-17(15(2,3)13(18)19)14(20)16-11-10-12-8-6-5-7-9-12/h12H,4-11H2,1-3H3,(H,16,20)(H,18,19). The molecule has 0 unspecified atom stereocenters. The van der Waals surface area contributed by atoms with Gasteiger partial charge in [0.25, 0.3) is 0 Å². The van der Waals surface area contributed by atoms with Gasteiger partial charge in [-0.1, -0.05) is 32.1 Å². The molecule has 116 valence electrons. The third-order valence-electron chi connectivity index (χ3n) is 4.31. The Morgan fingerprint density at radius 3 is 2.35 bits per heavy atom. The lowest BCUT2D eigenvalue weighted by Crippen LogP contribution is -2.56. The van der Waals surface area contributed by atoms with Crippen molar-refractivity contribution in [3.8, 4) is 0 Å². The molecule has 20 heavy (non-hydrogen) atoms. The number of likely N-dealkylation sites (N-methyl/N-ethyl adjacent to an activating group) is 1. The zero-order valence-corrected chi connectivity index (χ0v) is 12.9. The van der Waals surface area contributed by atoms with E-state index in [4.69, 9.17) is 0 Å². The van der Waals surface area contributed by atoms with Gasteiger partial charge in [0.05, 0.1) is 0 Å². The van der Waals surface area contributed by atoms with E-state index in [-0.39, 0.29) is 6.03 Å². The van der Waals surface area contributed by atoms with Crippen LogP contribution >= 0.6 is 0 Å². The van der Waals surface area contributed by atoms with E-state index in [0.29, 0.717) is 19.0 Å². The number of nitrogens with zero attached hydrogens (tertiary/aromatic N) is 1. The predicted molar refractivity (Wildman–Crippen MR) is 78.7 cm³/mol. The Balaban J connectivity index is 2.41. The molecule has 0 aromatic heterocycles. The monoisotopic (exact) mass is 284 g/mol. The molecule has 0 bridgehead atoms. The molecular formula is C15H28N2O3. The summed E-state index contributed by atoms with van der Waals surface area (Å²) in [6.45, 7) is 5.93. The van der Waals surface area contributed by atoms with Crippen molar-refractivity contribution in [2.45, 2.75) is 64.8 Å². The molecular weight excluding hydrogens is 256 g/mol. The van der Waals surface area contributed by atoms with Crippen molar-refractivity contribution >= 4 is 12.0 Å². The summed E-state index contributed by atoms with van der Waals surface area (Å²) in [5, 5.41) is 12.1. The predicted octanol–water partition coefficient (Wildman–Crippen LogP) is 2.85. The highest BCUT2D eigenvalue weighted by Gasteiger charge is 2.36. The maximum atomic E-state index is 12.1. The highest BCUT2D eigenvalue weighted by Crippen LogP contribution is 2.25. The number of nitrogens with one attached hydrogen (secondary N) is 1. The molecule has 2 amide bonds. The Bertz CT molecular complexity index is 336. The Kier molecular flexibility index (Phi) is 6.30. The number of carboxylic acids is 1. The maximum Gasteiger partial charge on any atom is 0.329 e. The van der Waals surface area contributed by atoms with Crippen LogP contribution in [0.15, 0.2) is 0 Å². The number of amides is 2. The number of hydrogen-bond acceptors (Lipinski definition) is 2. The fourth-order valence-corrected chi connectivity index (χ4v) is 2.86. The van der Waals surface area contributed by atoms with Crippen molar-refractivity contribution in [3.63, 3.8) is 0 Å². The highest BCUT2D eigenvalue weighted by molar-refractivity contribution is 5.85. The molecule has 0 aromatic carbocycles. The minimum Gasteiger partial charge on any atom is -0.480 e. The summed E-state index contributed by atoms with van der Waals surface area (Å²) in [4.78, 5) is 24.7. The van der Waals surface area contributed by atoms with Crippen molar-refractivity contribution in [1.82, 2.24) is 10.2 Å². The van der Waals surface area contributed by atoms with Crippen molar-refractivity contribution in [1.29, 1.82) is 0 Å². The number of urea groups is 1. The second-order valence-electron chi connectivity index (χ2n) is 6.13. The van der Waals surface area contributed by atoms with Gasteiger partial charge in [-0.15, -0.1) is 0 Å². The van der Waals surface area contributed by atoms with Crippen molar-refractivity contribution in [2.75, 3.05) is 13.1 Å². The van der Waals surface area contributed by atoms with Gasteiger partial charge in [0.2, 0.25) is 0 Å². The van der Waals surface area contributed by atoms with Crippen LogP contribution < -0.4 is 5.32 Å². The van der Waals surface area contributed by atoms with E-state index in [1.54, 1.807) is 20.8 Å². The fraction of sp³-hybridized carbons (Fsp3) is 0.867.